The van der Waals surface area contributed by atoms with Crippen LogP contribution in [-0.4, -0.2) is 11.7 Å². The van der Waals surface area contributed by atoms with E-state index in [2.05, 4.69) is 19.9 Å². The molecule has 3 N–H and O–H groups in total. The summed E-state index contributed by atoms with van der Waals surface area (Å²) >= 11 is 0. The Morgan fingerprint density at radius 1 is 1.43 bits per heavy atom. The van der Waals surface area contributed by atoms with Crippen LogP contribution in [0.3, 0.4) is 0 Å². The van der Waals surface area contributed by atoms with E-state index in [0.717, 1.165) is 6.54 Å². The van der Waals surface area contributed by atoms with E-state index in [1.54, 1.807) is 6.07 Å². The van der Waals surface area contributed by atoms with Crippen LogP contribution >= 0.6 is 0 Å². The highest BCUT2D eigenvalue weighted by molar-refractivity contribution is 5.36. The lowest BCUT2D eigenvalue weighted by Gasteiger charge is -2.03. The van der Waals surface area contributed by atoms with E-state index >= 15 is 0 Å². The molecule has 0 aromatic heterocycles. The molecule has 0 unspecified atom stereocenters. The normalized spacial score (nSPS) is 28.8. The van der Waals surface area contributed by atoms with E-state index in [9.17, 15) is 5.11 Å². The van der Waals surface area contributed by atoms with Crippen LogP contribution in [0.1, 0.15) is 25.3 Å². The third kappa shape index (κ3) is 1.30. The Bertz CT molecular complexity index is 346. The van der Waals surface area contributed by atoms with Crippen molar-refractivity contribution in [3.8, 4) is 5.75 Å². The summed E-state index contributed by atoms with van der Waals surface area (Å²) in [5, 5.41) is 9.39. The van der Waals surface area contributed by atoms with Gasteiger partial charge in [0, 0.05) is 0 Å². The van der Waals surface area contributed by atoms with Crippen molar-refractivity contribution in [2.45, 2.75) is 19.8 Å². The number of benzene rings is 1. The minimum absolute atomic E-state index is 0.294. The molecule has 0 radical (unpaired) electrons. The molecule has 14 heavy (non-hydrogen) atoms. The van der Waals surface area contributed by atoms with Crippen LogP contribution in [0, 0.1) is 11.3 Å². The van der Waals surface area contributed by atoms with Gasteiger partial charge in [-0.3, -0.25) is 0 Å². The van der Waals surface area contributed by atoms with E-state index in [1.807, 2.05) is 12.1 Å². The van der Waals surface area contributed by atoms with Gasteiger partial charge >= 0.3 is 0 Å². The lowest BCUT2D eigenvalue weighted by atomic mass is 10.0. The van der Waals surface area contributed by atoms with Gasteiger partial charge in [-0.2, -0.15) is 0 Å². The second kappa shape index (κ2) is 2.99. The molecule has 0 amide bonds. The molecule has 1 aliphatic carbocycles. The standard InChI is InChI=1S/C12H17NO/c1-12(2)10(7-13)11(12)8-4-3-5-9(14)6-8/h3-6,10-11,14H,7,13H2,1-2H3/t10-,11-/m1/s1. The minimum atomic E-state index is 0.294. The van der Waals surface area contributed by atoms with Crippen LogP contribution in [0.25, 0.3) is 0 Å². The molecule has 0 bridgehead atoms. The van der Waals surface area contributed by atoms with Gasteiger partial charge < -0.3 is 10.8 Å². The van der Waals surface area contributed by atoms with E-state index in [-0.39, 0.29) is 0 Å². The number of hydrogen-bond donors (Lipinski definition) is 2. The van der Waals surface area contributed by atoms with Crippen LogP contribution in [0.15, 0.2) is 24.3 Å². The Morgan fingerprint density at radius 2 is 2.14 bits per heavy atom. The third-order valence-corrected chi connectivity index (χ3v) is 3.53. The summed E-state index contributed by atoms with van der Waals surface area (Å²) in [5.74, 6) is 1.42. The van der Waals surface area contributed by atoms with Crippen molar-refractivity contribution >= 4 is 0 Å². The van der Waals surface area contributed by atoms with Gasteiger partial charge in [-0.25, -0.2) is 0 Å². The number of phenols is 1. The molecule has 2 heteroatoms. The fourth-order valence-corrected chi connectivity index (χ4v) is 2.56. The van der Waals surface area contributed by atoms with Gasteiger partial charge in [0.2, 0.25) is 0 Å². The first-order valence-corrected chi connectivity index (χ1v) is 5.06. The molecule has 0 saturated heterocycles. The van der Waals surface area contributed by atoms with Crippen LogP contribution in [0.4, 0.5) is 0 Å². The van der Waals surface area contributed by atoms with E-state index in [4.69, 9.17) is 5.73 Å². The van der Waals surface area contributed by atoms with E-state index in [1.165, 1.54) is 5.56 Å². The maximum Gasteiger partial charge on any atom is 0.115 e. The molecule has 2 nitrogen and oxygen atoms in total. The third-order valence-electron chi connectivity index (χ3n) is 3.53. The topological polar surface area (TPSA) is 46.2 Å². The number of phenolic OH excluding ortho intramolecular Hbond substituents is 1. The first kappa shape index (κ1) is 9.53. The molecule has 0 spiro atoms. The summed E-state index contributed by atoms with van der Waals surface area (Å²) in [6, 6.07) is 7.52. The molecular formula is C12H17NO. The Labute approximate surface area is 84.7 Å². The zero-order valence-corrected chi connectivity index (χ0v) is 8.70. The fraction of sp³-hybridized carbons (Fsp3) is 0.500. The summed E-state index contributed by atoms with van der Waals surface area (Å²) in [4.78, 5) is 0. The quantitative estimate of drug-likeness (QED) is 0.752. The van der Waals surface area contributed by atoms with Gasteiger partial charge in [0.05, 0.1) is 0 Å². The summed E-state index contributed by atoms with van der Waals surface area (Å²) in [6.07, 6.45) is 0. The Kier molecular flexibility index (Phi) is 2.04. The van der Waals surface area contributed by atoms with Gasteiger partial charge in [0.1, 0.15) is 5.75 Å². The predicted octanol–water partition coefficient (Wildman–Crippen LogP) is 2.09. The summed E-state index contributed by atoms with van der Waals surface area (Å²) in [6.45, 7) is 5.20. The predicted molar refractivity (Wildman–Crippen MR) is 57.2 cm³/mol. The Balaban J connectivity index is 2.26. The first-order valence-electron chi connectivity index (χ1n) is 5.06. The second-order valence-corrected chi connectivity index (χ2v) is 4.74. The summed E-state index contributed by atoms with van der Waals surface area (Å²) in [7, 11) is 0. The molecule has 1 aliphatic rings. The number of hydrogen-bond acceptors (Lipinski definition) is 2. The molecule has 1 saturated carbocycles. The highest BCUT2D eigenvalue weighted by Gasteiger charge is 2.57. The van der Waals surface area contributed by atoms with Crippen molar-refractivity contribution in [2.24, 2.45) is 17.1 Å². The summed E-state index contributed by atoms with van der Waals surface area (Å²) in [5.41, 5.74) is 7.22. The Hall–Kier alpha value is -1.02. The van der Waals surface area contributed by atoms with Gasteiger partial charge in [0.25, 0.3) is 0 Å². The number of nitrogens with two attached hydrogens (primary N) is 1. The van der Waals surface area contributed by atoms with Crippen molar-refractivity contribution < 1.29 is 5.11 Å². The number of aromatic hydroxyl groups is 1. The Morgan fingerprint density at radius 3 is 2.64 bits per heavy atom. The van der Waals surface area contributed by atoms with Crippen LogP contribution in [0.5, 0.6) is 5.75 Å². The summed E-state index contributed by atoms with van der Waals surface area (Å²) < 4.78 is 0. The fourth-order valence-electron chi connectivity index (χ4n) is 2.56. The van der Waals surface area contributed by atoms with Crippen LogP contribution < -0.4 is 5.73 Å². The SMILES string of the molecule is CC1(C)[C@H](CN)[C@H]1c1cccc(O)c1. The van der Waals surface area contributed by atoms with Crippen molar-refractivity contribution in [1.82, 2.24) is 0 Å². The van der Waals surface area contributed by atoms with Crippen molar-refractivity contribution in [3.05, 3.63) is 29.8 Å². The van der Waals surface area contributed by atoms with Crippen LogP contribution in [-0.2, 0) is 0 Å². The molecule has 76 valence electrons. The smallest absolute Gasteiger partial charge is 0.115 e. The van der Waals surface area contributed by atoms with Crippen LogP contribution in [0.2, 0.25) is 0 Å². The van der Waals surface area contributed by atoms with E-state index < -0.39 is 0 Å². The highest BCUT2D eigenvalue weighted by atomic mass is 16.3. The van der Waals surface area contributed by atoms with Crippen molar-refractivity contribution in [1.29, 1.82) is 0 Å². The lowest BCUT2D eigenvalue weighted by Crippen LogP contribution is -2.05. The number of rotatable bonds is 2. The van der Waals surface area contributed by atoms with Gasteiger partial charge in [0.15, 0.2) is 0 Å². The minimum Gasteiger partial charge on any atom is -0.508 e. The molecule has 2 rings (SSSR count). The molecule has 1 aromatic carbocycles. The average molecular weight is 191 g/mol. The first-order chi connectivity index (χ1) is 6.57. The molecule has 2 atom stereocenters. The van der Waals surface area contributed by atoms with Gasteiger partial charge in [-0.15, -0.1) is 0 Å². The molecule has 1 aromatic rings. The zero-order valence-electron chi connectivity index (χ0n) is 8.70. The average Bonchev–Trinajstić information content (AvgIpc) is 2.68. The highest BCUT2D eigenvalue weighted by Crippen LogP contribution is 2.63. The molecule has 0 heterocycles. The molecule has 0 aliphatic heterocycles. The monoisotopic (exact) mass is 191 g/mol. The zero-order chi connectivity index (χ0) is 10.3. The second-order valence-electron chi connectivity index (χ2n) is 4.74. The van der Waals surface area contributed by atoms with Gasteiger partial charge in [-0.05, 0) is 41.5 Å². The lowest BCUT2D eigenvalue weighted by molar-refractivity contribution is 0.474. The van der Waals surface area contributed by atoms with Gasteiger partial charge in [-0.1, -0.05) is 26.0 Å². The molecular weight excluding hydrogens is 174 g/mol. The maximum absolute atomic E-state index is 9.39. The molecule has 1 fully saturated rings. The van der Waals surface area contributed by atoms with Crippen molar-refractivity contribution in [2.75, 3.05) is 6.54 Å². The largest absolute Gasteiger partial charge is 0.508 e. The van der Waals surface area contributed by atoms with E-state index in [0.29, 0.717) is 23.0 Å². The maximum atomic E-state index is 9.39. The van der Waals surface area contributed by atoms with Crippen molar-refractivity contribution in [3.63, 3.8) is 0 Å².